The van der Waals surface area contributed by atoms with Gasteiger partial charge in [-0.1, -0.05) is 0 Å². The van der Waals surface area contributed by atoms with Crippen LogP contribution < -0.4 is 5.32 Å². The Labute approximate surface area is 102 Å². The number of nitrogens with one attached hydrogen (secondary N) is 1. The number of piperidine rings is 1. The van der Waals surface area contributed by atoms with Gasteiger partial charge in [0.05, 0.1) is 10.7 Å². The van der Waals surface area contributed by atoms with Gasteiger partial charge in [0.15, 0.2) is 0 Å². The quantitative estimate of drug-likeness (QED) is 0.869. The van der Waals surface area contributed by atoms with E-state index in [4.69, 9.17) is 0 Å². The zero-order chi connectivity index (χ0) is 11.4. The van der Waals surface area contributed by atoms with Crippen molar-refractivity contribution in [3.05, 3.63) is 16.1 Å². The normalized spacial score (nSPS) is 22.5. The molecule has 1 aromatic heterocycles. The van der Waals surface area contributed by atoms with E-state index in [1.165, 1.54) is 36.6 Å². The predicted octanol–water partition coefficient (Wildman–Crippen LogP) is 1.88. The van der Waals surface area contributed by atoms with E-state index in [9.17, 15) is 0 Å². The van der Waals surface area contributed by atoms with Gasteiger partial charge in [0.25, 0.3) is 0 Å². The summed E-state index contributed by atoms with van der Waals surface area (Å²) >= 11 is 1.75. The second-order valence-corrected chi connectivity index (χ2v) is 5.72. The van der Waals surface area contributed by atoms with E-state index in [0.717, 1.165) is 19.0 Å². The Kier molecular flexibility index (Phi) is 4.32. The summed E-state index contributed by atoms with van der Waals surface area (Å²) in [5.41, 5.74) is 1.24. The van der Waals surface area contributed by atoms with E-state index in [2.05, 4.69) is 27.5 Å². The van der Waals surface area contributed by atoms with Gasteiger partial charge in [0.1, 0.15) is 0 Å². The van der Waals surface area contributed by atoms with Gasteiger partial charge in [0, 0.05) is 18.5 Å². The van der Waals surface area contributed by atoms with E-state index in [1.54, 1.807) is 11.3 Å². The van der Waals surface area contributed by atoms with Crippen LogP contribution in [-0.4, -0.2) is 36.6 Å². The lowest BCUT2D eigenvalue weighted by molar-refractivity contribution is 0.165. The van der Waals surface area contributed by atoms with E-state index in [1.807, 2.05) is 7.05 Å². The molecule has 1 saturated heterocycles. The number of hydrogen-bond acceptors (Lipinski definition) is 4. The third kappa shape index (κ3) is 3.27. The van der Waals surface area contributed by atoms with Gasteiger partial charge in [-0.05, 0) is 45.8 Å². The first-order chi connectivity index (χ1) is 7.78. The Morgan fingerprint density at radius 3 is 3.19 bits per heavy atom. The summed E-state index contributed by atoms with van der Waals surface area (Å²) in [6.07, 6.45) is 2.70. The van der Waals surface area contributed by atoms with Gasteiger partial charge in [-0.25, -0.2) is 4.98 Å². The van der Waals surface area contributed by atoms with Crippen molar-refractivity contribution in [3.63, 3.8) is 0 Å². The van der Waals surface area contributed by atoms with E-state index in [-0.39, 0.29) is 0 Å². The largest absolute Gasteiger partial charge is 0.319 e. The Morgan fingerprint density at radius 2 is 2.50 bits per heavy atom. The van der Waals surface area contributed by atoms with Crippen LogP contribution in [0.3, 0.4) is 0 Å². The maximum absolute atomic E-state index is 4.54. The van der Waals surface area contributed by atoms with Crippen molar-refractivity contribution in [2.75, 3.05) is 26.7 Å². The van der Waals surface area contributed by atoms with Crippen molar-refractivity contribution in [3.8, 4) is 0 Å². The summed E-state index contributed by atoms with van der Waals surface area (Å²) < 4.78 is 0. The van der Waals surface area contributed by atoms with Crippen molar-refractivity contribution >= 4 is 11.3 Å². The fourth-order valence-corrected chi connectivity index (χ4v) is 3.06. The van der Waals surface area contributed by atoms with Gasteiger partial charge < -0.3 is 5.32 Å². The van der Waals surface area contributed by atoms with E-state index < -0.39 is 0 Å². The van der Waals surface area contributed by atoms with Crippen LogP contribution in [0.15, 0.2) is 5.38 Å². The van der Waals surface area contributed by atoms with Crippen molar-refractivity contribution in [1.29, 1.82) is 0 Å². The summed E-state index contributed by atoms with van der Waals surface area (Å²) in [4.78, 5) is 7.08. The summed E-state index contributed by atoms with van der Waals surface area (Å²) in [5, 5.41) is 6.66. The molecule has 1 aromatic rings. The average Bonchev–Trinajstić information content (AvgIpc) is 2.65. The molecule has 0 saturated carbocycles. The van der Waals surface area contributed by atoms with Gasteiger partial charge >= 0.3 is 0 Å². The minimum absolute atomic E-state index is 0.818. The summed E-state index contributed by atoms with van der Waals surface area (Å²) in [5.74, 6) is 0.818. The number of nitrogens with zero attached hydrogens (tertiary/aromatic N) is 2. The molecule has 2 rings (SSSR count). The van der Waals surface area contributed by atoms with E-state index in [0.29, 0.717) is 0 Å². The first-order valence-electron chi connectivity index (χ1n) is 6.06. The zero-order valence-electron chi connectivity index (χ0n) is 10.2. The maximum Gasteiger partial charge on any atom is 0.0897 e. The van der Waals surface area contributed by atoms with Gasteiger partial charge in [-0.3, -0.25) is 4.90 Å². The molecule has 1 fully saturated rings. The number of likely N-dealkylation sites (tertiary alicyclic amines) is 1. The molecule has 16 heavy (non-hydrogen) atoms. The molecule has 0 amide bonds. The van der Waals surface area contributed by atoms with Crippen LogP contribution in [0, 0.1) is 12.8 Å². The molecule has 90 valence electrons. The second kappa shape index (κ2) is 5.75. The first kappa shape index (κ1) is 12.0. The van der Waals surface area contributed by atoms with Crippen LogP contribution in [0.2, 0.25) is 0 Å². The molecule has 0 radical (unpaired) electrons. The van der Waals surface area contributed by atoms with Gasteiger partial charge in [0.2, 0.25) is 0 Å². The first-order valence-corrected chi connectivity index (χ1v) is 6.94. The highest BCUT2D eigenvalue weighted by molar-refractivity contribution is 7.09. The topological polar surface area (TPSA) is 28.2 Å². The summed E-state index contributed by atoms with van der Waals surface area (Å²) in [6.45, 7) is 6.71. The minimum atomic E-state index is 0.818. The lowest BCUT2D eigenvalue weighted by atomic mass is 9.98. The number of hydrogen-bond donors (Lipinski definition) is 1. The Morgan fingerprint density at radius 1 is 1.62 bits per heavy atom. The SMILES string of the molecule is CNCC1CCCN(Cc2csc(C)n2)C1. The molecule has 1 aliphatic heterocycles. The highest BCUT2D eigenvalue weighted by atomic mass is 32.1. The van der Waals surface area contributed by atoms with Crippen LogP contribution in [0.25, 0.3) is 0 Å². The fraction of sp³-hybridized carbons (Fsp3) is 0.750. The third-order valence-corrected chi connectivity index (χ3v) is 3.97. The maximum atomic E-state index is 4.54. The standard InChI is InChI=1S/C12H21N3S/c1-10-14-12(9-16-10)8-15-5-3-4-11(7-15)6-13-2/h9,11,13H,3-8H2,1-2H3. The molecule has 1 unspecified atom stereocenters. The van der Waals surface area contributed by atoms with Crippen LogP contribution in [0.4, 0.5) is 0 Å². The fourth-order valence-electron chi connectivity index (χ4n) is 2.46. The third-order valence-electron chi connectivity index (χ3n) is 3.15. The average molecular weight is 239 g/mol. The van der Waals surface area contributed by atoms with Crippen LogP contribution in [0.1, 0.15) is 23.5 Å². The van der Waals surface area contributed by atoms with Crippen molar-refractivity contribution in [2.45, 2.75) is 26.3 Å². The molecular formula is C12H21N3S. The molecule has 0 bridgehead atoms. The molecule has 1 N–H and O–H groups in total. The monoisotopic (exact) mass is 239 g/mol. The van der Waals surface area contributed by atoms with Gasteiger partial charge in [-0.15, -0.1) is 11.3 Å². The van der Waals surface area contributed by atoms with Crippen molar-refractivity contribution in [2.24, 2.45) is 5.92 Å². The molecule has 1 atom stereocenters. The highest BCUT2D eigenvalue weighted by Crippen LogP contribution is 2.18. The van der Waals surface area contributed by atoms with Gasteiger partial charge in [-0.2, -0.15) is 0 Å². The van der Waals surface area contributed by atoms with Crippen LogP contribution in [-0.2, 0) is 6.54 Å². The lowest BCUT2D eigenvalue weighted by Crippen LogP contribution is -2.38. The molecule has 2 heterocycles. The molecule has 0 aliphatic carbocycles. The van der Waals surface area contributed by atoms with E-state index >= 15 is 0 Å². The number of rotatable bonds is 4. The molecular weight excluding hydrogens is 218 g/mol. The van der Waals surface area contributed by atoms with Crippen LogP contribution in [0.5, 0.6) is 0 Å². The minimum Gasteiger partial charge on any atom is -0.319 e. The zero-order valence-corrected chi connectivity index (χ0v) is 11.0. The number of thiazole rings is 1. The number of aryl methyl sites for hydroxylation is 1. The molecule has 4 heteroatoms. The second-order valence-electron chi connectivity index (χ2n) is 4.66. The Hall–Kier alpha value is -0.450. The molecule has 0 spiro atoms. The lowest BCUT2D eigenvalue weighted by Gasteiger charge is -2.32. The molecule has 1 aliphatic rings. The highest BCUT2D eigenvalue weighted by Gasteiger charge is 2.19. The van der Waals surface area contributed by atoms with Crippen molar-refractivity contribution < 1.29 is 0 Å². The Balaban J connectivity index is 1.85. The number of aromatic nitrogens is 1. The smallest absolute Gasteiger partial charge is 0.0897 e. The predicted molar refractivity (Wildman–Crippen MR) is 68.8 cm³/mol. The molecule has 3 nitrogen and oxygen atoms in total. The molecule has 0 aromatic carbocycles. The van der Waals surface area contributed by atoms with Crippen molar-refractivity contribution in [1.82, 2.24) is 15.2 Å². The Bertz CT molecular complexity index is 322. The summed E-state index contributed by atoms with van der Waals surface area (Å²) in [6, 6.07) is 0. The van der Waals surface area contributed by atoms with Crippen LogP contribution >= 0.6 is 11.3 Å². The summed E-state index contributed by atoms with van der Waals surface area (Å²) in [7, 11) is 2.04.